The molecule has 4 heterocycles. The fourth-order valence-electron chi connectivity index (χ4n) is 4.77. The fraction of sp³-hybridized carbons (Fsp3) is 0.583. The van der Waals surface area contributed by atoms with Crippen LogP contribution in [0.1, 0.15) is 66.4 Å². The normalized spacial score (nSPS) is 20.3. The van der Waals surface area contributed by atoms with Gasteiger partial charge >= 0.3 is 0 Å². The van der Waals surface area contributed by atoms with Crippen molar-refractivity contribution in [3.8, 4) is 0 Å². The van der Waals surface area contributed by atoms with Gasteiger partial charge < -0.3 is 4.90 Å². The lowest BCUT2D eigenvalue weighted by Gasteiger charge is -2.32. The number of pyridine rings is 1. The second kappa shape index (κ2) is 9.65. The van der Waals surface area contributed by atoms with Crippen LogP contribution in [0.2, 0.25) is 0 Å². The molecule has 6 nitrogen and oxygen atoms in total. The van der Waals surface area contributed by atoms with Crippen LogP contribution >= 0.6 is 0 Å². The lowest BCUT2D eigenvalue weighted by molar-refractivity contribution is -0.131. The highest BCUT2D eigenvalue weighted by atomic mass is 16.2. The fourth-order valence-corrected chi connectivity index (χ4v) is 4.77. The Labute approximate surface area is 179 Å². The monoisotopic (exact) mass is 407 g/mol. The standard InChI is InChI=1S/C24H33N5O/c1-18-22(15-23(30)29-13-4-3-5-14-29)19(2)27-24(26-18)21-7-6-12-28(17-21)16-20-8-10-25-11-9-20/h8-11,21H,3-7,12-17H2,1-2H3. The van der Waals surface area contributed by atoms with E-state index in [0.29, 0.717) is 12.3 Å². The molecular weight excluding hydrogens is 374 g/mol. The van der Waals surface area contributed by atoms with Crippen molar-refractivity contribution in [2.24, 2.45) is 0 Å². The predicted octanol–water partition coefficient (Wildman–Crippen LogP) is 3.42. The highest BCUT2D eigenvalue weighted by Gasteiger charge is 2.26. The maximum atomic E-state index is 12.7. The Hall–Kier alpha value is -2.34. The Morgan fingerprint density at radius 1 is 1.00 bits per heavy atom. The van der Waals surface area contributed by atoms with Gasteiger partial charge in [-0.25, -0.2) is 9.97 Å². The van der Waals surface area contributed by atoms with E-state index in [4.69, 9.17) is 9.97 Å². The Morgan fingerprint density at radius 3 is 2.40 bits per heavy atom. The van der Waals surface area contributed by atoms with Crippen LogP contribution in [0.15, 0.2) is 24.5 Å². The number of amides is 1. The van der Waals surface area contributed by atoms with Crippen molar-refractivity contribution in [1.82, 2.24) is 24.8 Å². The Kier molecular flexibility index (Phi) is 6.72. The second-order valence-electron chi connectivity index (χ2n) is 8.78. The highest BCUT2D eigenvalue weighted by Crippen LogP contribution is 2.27. The average molecular weight is 408 g/mol. The number of hydrogen-bond acceptors (Lipinski definition) is 5. The molecule has 6 heteroatoms. The van der Waals surface area contributed by atoms with Crippen LogP contribution in [0, 0.1) is 13.8 Å². The summed E-state index contributed by atoms with van der Waals surface area (Å²) in [7, 11) is 0. The van der Waals surface area contributed by atoms with E-state index in [9.17, 15) is 4.79 Å². The molecule has 1 amide bonds. The van der Waals surface area contributed by atoms with Gasteiger partial charge in [-0.2, -0.15) is 0 Å². The summed E-state index contributed by atoms with van der Waals surface area (Å²) in [4.78, 5) is 31.1. The van der Waals surface area contributed by atoms with E-state index in [1.165, 1.54) is 12.0 Å². The third-order valence-electron chi connectivity index (χ3n) is 6.50. The molecule has 2 aliphatic rings. The minimum Gasteiger partial charge on any atom is -0.342 e. The summed E-state index contributed by atoms with van der Waals surface area (Å²) < 4.78 is 0. The van der Waals surface area contributed by atoms with Crippen molar-refractivity contribution in [3.63, 3.8) is 0 Å². The molecule has 0 aliphatic carbocycles. The van der Waals surface area contributed by atoms with Crippen molar-refractivity contribution < 1.29 is 4.79 Å². The molecule has 160 valence electrons. The molecular formula is C24H33N5O. The van der Waals surface area contributed by atoms with Crippen LogP contribution in [-0.4, -0.2) is 56.8 Å². The predicted molar refractivity (Wildman–Crippen MR) is 117 cm³/mol. The average Bonchev–Trinajstić information content (AvgIpc) is 2.77. The maximum Gasteiger partial charge on any atom is 0.227 e. The van der Waals surface area contributed by atoms with Crippen molar-refractivity contribution in [2.45, 2.75) is 64.8 Å². The first-order valence-corrected chi connectivity index (χ1v) is 11.3. The molecule has 30 heavy (non-hydrogen) atoms. The number of aromatic nitrogens is 3. The summed E-state index contributed by atoms with van der Waals surface area (Å²) in [5.41, 5.74) is 4.24. The Morgan fingerprint density at radius 2 is 1.70 bits per heavy atom. The highest BCUT2D eigenvalue weighted by molar-refractivity contribution is 5.79. The molecule has 0 spiro atoms. The molecule has 2 saturated heterocycles. The van der Waals surface area contributed by atoms with Crippen LogP contribution in [0.4, 0.5) is 0 Å². The van der Waals surface area contributed by atoms with Gasteiger partial charge in [-0.1, -0.05) is 0 Å². The Balaban J connectivity index is 1.43. The summed E-state index contributed by atoms with van der Waals surface area (Å²) in [6.07, 6.45) is 9.90. The van der Waals surface area contributed by atoms with E-state index < -0.39 is 0 Å². The van der Waals surface area contributed by atoms with E-state index in [2.05, 4.69) is 22.0 Å². The van der Waals surface area contributed by atoms with Gasteiger partial charge in [0.15, 0.2) is 0 Å². The minimum absolute atomic E-state index is 0.221. The van der Waals surface area contributed by atoms with E-state index in [1.54, 1.807) is 0 Å². The topological polar surface area (TPSA) is 62.2 Å². The molecule has 2 aliphatic heterocycles. The van der Waals surface area contributed by atoms with Gasteiger partial charge in [0.25, 0.3) is 0 Å². The van der Waals surface area contributed by atoms with E-state index in [1.807, 2.05) is 31.1 Å². The maximum absolute atomic E-state index is 12.7. The number of hydrogen-bond donors (Lipinski definition) is 0. The lowest BCUT2D eigenvalue weighted by Crippen LogP contribution is -2.37. The molecule has 0 N–H and O–H groups in total. The smallest absolute Gasteiger partial charge is 0.227 e. The minimum atomic E-state index is 0.221. The molecule has 0 aromatic carbocycles. The lowest BCUT2D eigenvalue weighted by atomic mass is 9.96. The van der Waals surface area contributed by atoms with Gasteiger partial charge in [0.2, 0.25) is 5.91 Å². The molecule has 0 saturated carbocycles. The number of aryl methyl sites for hydroxylation is 2. The molecule has 0 bridgehead atoms. The van der Waals surface area contributed by atoms with Gasteiger partial charge in [-0.05, 0) is 70.2 Å². The van der Waals surface area contributed by atoms with E-state index in [-0.39, 0.29) is 5.91 Å². The van der Waals surface area contributed by atoms with Crippen LogP contribution in [0.25, 0.3) is 0 Å². The zero-order chi connectivity index (χ0) is 20.9. The molecule has 1 unspecified atom stereocenters. The molecule has 2 fully saturated rings. The number of piperidine rings is 2. The quantitative estimate of drug-likeness (QED) is 0.760. The van der Waals surface area contributed by atoms with E-state index >= 15 is 0 Å². The van der Waals surface area contributed by atoms with Crippen molar-refractivity contribution in [2.75, 3.05) is 26.2 Å². The van der Waals surface area contributed by atoms with Gasteiger partial charge in [0.05, 0.1) is 6.42 Å². The van der Waals surface area contributed by atoms with Crippen molar-refractivity contribution in [1.29, 1.82) is 0 Å². The van der Waals surface area contributed by atoms with Crippen molar-refractivity contribution >= 4 is 5.91 Å². The first-order valence-electron chi connectivity index (χ1n) is 11.3. The first-order chi connectivity index (χ1) is 14.6. The second-order valence-corrected chi connectivity index (χ2v) is 8.78. The molecule has 2 aromatic rings. The van der Waals surface area contributed by atoms with Crippen LogP contribution in [0.3, 0.4) is 0 Å². The third kappa shape index (κ3) is 5.04. The summed E-state index contributed by atoms with van der Waals surface area (Å²) in [5, 5.41) is 0. The zero-order valence-corrected chi connectivity index (χ0v) is 18.3. The zero-order valence-electron chi connectivity index (χ0n) is 18.3. The number of carbonyl (C=O) groups is 1. The molecule has 4 rings (SSSR count). The largest absolute Gasteiger partial charge is 0.342 e. The van der Waals surface area contributed by atoms with Crippen molar-refractivity contribution in [3.05, 3.63) is 52.9 Å². The summed E-state index contributed by atoms with van der Waals surface area (Å²) in [6, 6.07) is 4.17. The van der Waals surface area contributed by atoms with Gasteiger partial charge in [0.1, 0.15) is 5.82 Å². The first kappa shape index (κ1) is 20.9. The summed E-state index contributed by atoms with van der Waals surface area (Å²) in [6.45, 7) is 8.89. The number of rotatable bonds is 5. The van der Waals surface area contributed by atoms with E-state index in [0.717, 1.165) is 81.2 Å². The molecule has 2 aromatic heterocycles. The summed E-state index contributed by atoms with van der Waals surface area (Å²) >= 11 is 0. The summed E-state index contributed by atoms with van der Waals surface area (Å²) in [5.74, 6) is 1.52. The van der Waals surface area contributed by atoms with Gasteiger partial charge in [0, 0.05) is 61.4 Å². The number of nitrogens with zero attached hydrogens (tertiary/aromatic N) is 5. The SMILES string of the molecule is Cc1nc(C2CCCN(Cc3ccncc3)C2)nc(C)c1CC(=O)N1CCCCC1. The van der Waals surface area contributed by atoms with Gasteiger partial charge in [-0.15, -0.1) is 0 Å². The van der Waals surface area contributed by atoms with Crippen LogP contribution in [0.5, 0.6) is 0 Å². The van der Waals surface area contributed by atoms with Crippen LogP contribution < -0.4 is 0 Å². The molecule has 0 radical (unpaired) electrons. The Bertz CT molecular complexity index is 840. The third-order valence-corrected chi connectivity index (χ3v) is 6.50. The number of carbonyl (C=O) groups excluding carboxylic acids is 1. The van der Waals surface area contributed by atoms with Crippen LogP contribution in [-0.2, 0) is 17.8 Å². The van der Waals surface area contributed by atoms with Gasteiger partial charge in [-0.3, -0.25) is 14.7 Å². The molecule has 1 atom stereocenters. The number of likely N-dealkylation sites (tertiary alicyclic amines) is 2.